The zero-order chi connectivity index (χ0) is 12.5. The second kappa shape index (κ2) is 4.81. The van der Waals surface area contributed by atoms with Gasteiger partial charge in [-0.3, -0.25) is 4.79 Å². The fraction of sp³-hybridized carbons (Fsp3) is 0.500. The second-order valence-electron chi connectivity index (χ2n) is 4.69. The number of hydrogen-bond donors (Lipinski definition) is 0. The van der Waals surface area contributed by atoms with E-state index in [0.717, 1.165) is 18.4 Å². The summed E-state index contributed by atoms with van der Waals surface area (Å²) >= 11 is 3.66. The van der Waals surface area contributed by atoms with Crippen molar-refractivity contribution in [2.24, 2.45) is 5.92 Å². The molecule has 2 nitrogen and oxygen atoms in total. The maximum absolute atomic E-state index is 11.9. The molecule has 2 rings (SSSR count). The SMILES string of the molecule is CCC[C@H]1C(=O)O[C@@](C)(c2ccccc2)[C@@H]1Br. The van der Waals surface area contributed by atoms with E-state index in [2.05, 4.69) is 22.9 Å². The van der Waals surface area contributed by atoms with Gasteiger partial charge < -0.3 is 4.74 Å². The molecule has 0 aromatic heterocycles. The van der Waals surface area contributed by atoms with Gasteiger partial charge in [0, 0.05) is 0 Å². The number of carbonyl (C=O) groups is 1. The molecular formula is C14H17BrO2. The number of hydrogen-bond acceptors (Lipinski definition) is 2. The van der Waals surface area contributed by atoms with E-state index in [1.807, 2.05) is 37.3 Å². The molecule has 0 aliphatic carbocycles. The van der Waals surface area contributed by atoms with Gasteiger partial charge in [0.05, 0.1) is 10.7 Å². The van der Waals surface area contributed by atoms with Gasteiger partial charge in [-0.2, -0.15) is 0 Å². The number of carbonyl (C=O) groups excluding carboxylic acids is 1. The molecule has 3 heteroatoms. The molecule has 1 aliphatic heterocycles. The molecule has 3 atom stereocenters. The number of benzene rings is 1. The lowest BCUT2D eigenvalue weighted by atomic mass is 9.87. The molecule has 0 bridgehead atoms. The number of ether oxygens (including phenoxy) is 1. The van der Waals surface area contributed by atoms with Gasteiger partial charge in [-0.1, -0.05) is 59.6 Å². The Labute approximate surface area is 110 Å². The molecule has 17 heavy (non-hydrogen) atoms. The van der Waals surface area contributed by atoms with Crippen LogP contribution in [0.2, 0.25) is 0 Å². The average molecular weight is 297 g/mol. The van der Waals surface area contributed by atoms with Crippen LogP contribution in [0.3, 0.4) is 0 Å². The number of cyclic esters (lactones) is 1. The molecular weight excluding hydrogens is 280 g/mol. The van der Waals surface area contributed by atoms with Crippen molar-refractivity contribution in [2.75, 3.05) is 0 Å². The molecule has 0 spiro atoms. The van der Waals surface area contributed by atoms with Crippen molar-refractivity contribution in [3.05, 3.63) is 35.9 Å². The van der Waals surface area contributed by atoms with Gasteiger partial charge in [-0.05, 0) is 18.9 Å². The van der Waals surface area contributed by atoms with E-state index in [9.17, 15) is 4.79 Å². The molecule has 92 valence electrons. The van der Waals surface area contributed by atoms with Crippen LogP contribution in [0.1, 0.15) is 32.3 Å². The molecule has 0 amide bonds. The van der Waals surface area contributed by atoms with Crippen molar-refractivity contribution in [1.82, 2.24) is 0 Å². The lowest BCUT2D eigenvalue weighted by Crippen LogP contribution is -2.31. The number of alkyl halides is 1. The molecule has 1 aliphatic rings. The number of rotatable bonds is 3. The van der Waals surface area contributed by atoms with Gasteiger partial charge in [0.2, 0.25) is 0 Å². The first-order chi connectivity index (χ1) is 8.09. The minimum atomic E-state index is -0.543. The van der Waals surface area contributed by atoms with Crippen molar-refractivity contribution in [1.29, 1.82) is 0 Å². The first-order valence-corrected chi connectivity index (χ1v) is 6.93. The second-order valence-corrected chi connectivity index (χ2v) is 5.68. The topological polar surface area (TPSA) is 26.3 Å². The zero-order valence-electron chi connectivity index (χ0n) is 10.2. The maximum Gasteiger partial charge on any atom is 0.311 e. The Kier molecular flexibility index (Phi) is 3.57. The summed E-state index contributed by atoms with van der Waals surface area (Å²) in [5.74, 6) is -0.120. The highest BCUT2D eigenvalue weighted by atomic mass is 79.9. The lowest BCUT2D eigenvalue weighted by molar-refractivity contribution is -0.150. The zero-order valence-corrected chi connectivity index (χ0v) is 11.7. The molecule has 1 aromatic rings. The van der Waals surface area contributed by atoms with E-state index < -0.39 is 5.60 Å². The first kappa shape index (κ1) is 12.6. The van der Waals surface area contributed by atoms with Gasteiger partial charge in [0.1, 0.15) is 5.60 Å². The smallest absolute Gasteiger partial charge is 0.311 e. The summed E-state index contributed by atoms with van der Waals surface area (Å²) in [5.41, 5.74) is 0.506. The predicted molar refractivity (Wildman–Crippen MR) is 71.0 cm³/mol. The molecule has 0 radical (unpaired) electrons. The summed E-state index contributed by atoms with van der Waals surface area (Å²) < 4.78 is 5.63. The van der Waals surface area contributed by atoms with Crippen LogP contribution >= 0.6 is 15.9 Å². The third-order valence-corrected chi connectivity index (χ3v) is 4.95. The quantitative estimate of drug-likeness (QED) is 0.629. The number of halogens is 1. The van der Waals surface area contributed by atoms with Gasteiger partial charge in [0.15, 0.2) is 0 Å². The van der Waals surface area contributed by atoms with Gasteiger partial charge >= 0.3 is 5.97 Å². The monoisotopic (exact) mass is 296 g/mol. The van der Waals surface area contributed by atoms with Crippen LogP contribution in [0.5, 0.6) is 0 Å². The fourth-order valence-electron chi connectivity index (χ4n) is 2.41. The van der Waals surface area contributed by atoms with Crippen LogP contribution in [0.25, 0.3) is 0 Å². The van der Waals surface area contributed by atoms with E-state index >= 15 is 0 Å². The van der Waals surface area contributed by atoms with E-state index in [1.165, 1.54) is 0 Å². The van der Waals surface area contributed by atoms with Crippen LogP contribution < -0.4 is 0 Å². The predicted octanol–water partition coefficient (Wildman–Crippen LogP) is 3.64. The highest BCUT2D eigenvalue weighted by Crippen LogP contribution is 2.45. The highest BCUT2D eigenvalue weighted by molar-refractivity contribution is 9.09. The molecule has 1 heterocycles. The molecule has 1 saturated heterocycles. The Bertz CT molecular complexity index is 404. The standard InChI is InChI=1S/C14H17BrO2/c1-3-7-11-12(15)14(2,17-13(11)16)10-8-5-4-6-9-10/h4-6,8-9,11-12H,3,7H2,1-2H3/t11-,12-,14+/m1/s1. The fourth-order valence-corrected chi connectivity index (χ4v) is 3.24. The summed E-state index contributed by atoms with van der Waals surface area (Å²) in [6.07, 6.45) is 1.86. The summed E-state index contributed by atoms with van der Waals surface area (Å²) in [7, 11) is 0. The summed E-state index contributed by atoms with van der Waals surface area (Å²) in [4.78, 5) is 12.0. The largest absolute Gasteiger partial charge is 0.453 e. The maximum atomic E-state index is 11.9. The van der Waals surface area contributed by atoms with E-state index in [0.29, 0.717) is 0 Å². The Morgan fingerprint density at radius 3 is 2.59 bits per heavy atom. The van der Waals surface area contributed by atoms with Crippen LogP contribution in [0, 0.1) is 5.92 Å². The third-order valence-electron chi connectivity index (χ3n) is 3.44. The highest BCUT2D eigenvalue weighted by Gasteiger charge is 2.51. The van der Waals surface area contributed by atoms with Gasteiger partial charge in [-0.25, -0.2) is 0 Å². The Balaban J connectivity index is 2.31. The van der Waals surface area contributed by atoms with Crippen molar-refractivity contribution in [2.45, 2.75) is 37.1 Å². The third kappa shape index (κ3) is 2.13. The Morgan fingerprint density at radius 1 is 1.35 bits per heavy atom. The van der Waals surface area contributed by atoms with Crippen LogP contribution in [-0.2, 0) is 15.1 Å². The molecule has 1 fully saturated rings. The van der Waals surface area contributed by atoms with Gasteiger partial charge in [-0.15, -0.1) is 0 Å². The summed E-state index contributed by atoms with van der Waals surface area (Å²) in [5, 5.41) is 0. The average Bonchev–Trinajstić information content (AvgIpc) is 2.56. The molecule has 0 N–H and O–H groups in total. The molecule has 0 saturated carbocycles. The molecule has 0 unspecified atom stereocenters. The lowest BCUT2D eigenvalue weighted by Gasteiger charge is -2.27. The van der Waals surface area contributed by atoms with Crippen molar-refractivity contribution < 1.29 is 9.53 Å². The van der Waals surface area contributed by atoms with Crippen LogP contribution in [0.15, 0.2) is 30.3 Å². The minimum absolute atomic E-state index is 0.0368. The van der Waals surface area contributed by atoms with Crippen molar-refractivity contribution >= 4 is 21.9 Å². The summed E-state index contributed by atoms with van der Waals surface area (Å²) in [6, 6.07) is 9.94. The van der Waals surface area contributed by atoms with Crippen LogP contribution in [0.4, 0.5) is 0 Å². The molecule has 1 aromatic carbocycles. The van der Waals surface area contributed by atoms with Crippen molar-refractivity contribution in [3.8, 4) is 0 Å². The van der Waals surface area contributed by atoms with Gasteiger partial charge in [0.25, 0.3) is 0 Å². The van der Waals surface area contributed by atoms with Crippen LogP contribution in [-0.4, -0.2) is 10.8 Å². The Hall–Kier alpha value is -0.830. The van der Waals surface area contributed by atoms with E-state index in [1.54, 1.807) is 0 Å². The number of esters is 1. The minimum Gasteiger partial charge on any atom is -0.453 e. The van der Waals surface area contributed by atoms with E-state index in [4.69, 9.17) is 4.74 Å². The van der Waals surface area contributed by atoms with E-state index in [-0.39, 0.29) is 16.7 Å². The van der Waals surface area contributed by atoms with Crippen molar-refractivity contribution in [3.63, 3.8) is 0 Å². The normalized spacial score (nSPS) is 32.5. The Morgan fingerprint density at radius 2 is 2.00 bits per heavy atom. The first-order valence-electron chi connectivity index (χ1n) is 6.02. The summed E-state index contributed by atoms with van der Waals surface area (Å²) in [6.45, 7) is 4.07.